The van der Waals surface area contributed by atoms with Crippen LogP contribution in [-0.4, -0.2) is 5.78 Å². The summed E-state index contributed by atoms with van der Waals surface area (Å²) in [6, 6.07) is 7.13. The largest absolute Gasteiger partial charge is 0.294 e. The van der Waals surface area contributed by atoms with Crippen LogP contribution in [0.25, 0.3) is 0 Å². The summed E-state index contributed by atoms with van der Waals surface area (Å²) in [5.74, 6) is -0.0338. The molecule has 0 spiro atoms. The van der Waals surface area contributed by atoms with Crippen molar-refractivity contribution >= 4 is 17.4 Å². The van der Waals surface area contributed by atoms with Crippen molar-refractivity contribution < 1.29 is 4.79 Å². The van der Waals surface area contributed by atoms with Gasteiger partial charge in [0.15, 0.2) is 5.78 Å². The van der Waals surface area contributed by atoms with Crippen LogP contribution in [-0.2, 0) is 0 Å². The SMILES string of the molecule is Cc1ccc(C(=O)CCC#N)cc1Cl. The molecule has 0 unspecified atom stereocenters. The number of hydrogen-bond donors (Lipinski definition) is 0. The second-order valence-electron chi connectivity index (χ2n) is 3.05. The van der Waals surface area contributed by atoms with Crippen LogP contribution in [0.15, 0.2) is 18.2 Å². The lowest BCUT2D eigenvalue weighted by molar-refractivity contribution is 0.0984. The van der Waals surface area contributed by atoms with Crippen LogP contribution < -0.4 is 0 Å². The number of nitrogens with zero attached hydrogens (tertiary/aromatic N) is 1. The molecule has 3 heteroatoms. The van der Waals surface area contributed by atoms with Gasteiger partial charge >= 0.3 is 0 Å². The van der Waals surface area contributed by atoms with Crippen LogP contribution in [0.2, 0.25) is 5.02 Å². The zero-order valence-electron chi connectivity index (χ0n) is 7.88. The van der Waals surface area contributed by atoms with Crippen LogP contribution in [0.1, 0.15) is 28.8 Å². The van der Waals surface area contributed by atoms with Crippen molar-refractivity contribution in [1.29, 1.82) is 5.26 Å². The molecule has 0 bridgehead atoms. The number of nitriles is 1. The molecule has 0 fully saturated rings. The van der Waals surface area contributed by atoms with Crippen molar-refractivity contribution in [2.45, 2.75) is 19.8 Å². The molecule has 1 aromatic rings. The molecule has 0 aliphatic rings. The smallest absolute Gasteiger partial charge is 0.163 e. The van der Waals surface area contributed by atoms with Gasteiger partial charge in [0.2, 0.25) is 0 Å². The molecule has 0 saturated heterocycles. The van der Waals surface area contributed by atoms with E-state index in [0.717, 1.165) is 5.56 Å². The summed E-state index contributed by atoms with van der Waals surface area (Å²) in [4.78, 5) is 11.5. The Hall–Kier alpha value is -1.33. The fourth-order valence-corrected chi connectivity index (χ4v) is 1.26. The van der Waals surface area contributed by atoms with E-state index >= 15 is 0 Å². The Morgan fingerprint density at radius 2 is 2.29 bits per heavy atom. The molecule has 14 heavy (non-hydrogen) atoms. The summed E-state index contributed by atoms with van der Waals surface area (Å²) in [6.45, 7) is 1.88. The predicted octanol–water partition coefficient (Wildman–Crippen LogP) is 3.13. The maximum Gasteiger partial charge on any atom is 0.163 e. The van der Waals surface area contributed by atoms with Crippen LogP contribution in [0.3, 0.4) is 0 Å². The summed E-state index contributed by atoms with van der Waals surface area (Å²) in [5, 5.41) is 8.92. The number of rotatable bonds is 3. The van der Waals surface area contributed by atoms with Gasteiger partial charge in [0.1, 0.15) is 0 Å². The number of carbonyl (C=O) groups excluding carboxylic acids is 1. The maximum absolute atomic E-state index is 11.5. The standard InChI is InChI=1S/C11H10ClNO/c1-8-4-5-9(7-10(8)12)11(14)3-2-6-13/h4-5,7H,2-3H2,1H3. The normalized spacial score (nSPS) is 9.50. The van der Waals surface area contributed by atoms with E-state index in [1.54, 1.807) is 12.1 Å². The monoisotopic (exact) mass is 207 g/mol. The van der Waals surface area contributed by atoms with E-state index in [9.17, 15) is 4.79 Å². The van der Waals surface area contributed by atoms with Crippen molar-refractivity contribution in [2.24, 2.45) is 0 Å². The van der Waals surface area contributed by atoms with E-state index in [1.807, 2.05) is 19.1 Å². The average Bonchev–Trinajstić information content (AvgIpc) is 2.18. The third-order valence-electron chi connectivity index (χ3n) is 1.96. The highest BCUT2D eigenvalue weighted by molar-refractivity contribution is 6.31. The minimum atomic E-state index is -0.0338. The molecule has 0 N–H and O–H groups in total. The predicted molar refractivity (Wildman–Crippen MR) is 55.4 cm³/mol. The first-order valence-corrected chi connectivity index (χ1v) is 4.69. The lowest BCUT2D eigenvalue weighted by Crippen LogP contribution is -1.98. The van der Waals surface area contributed by atoms with Crippen LogP contribution in [0.4, 0.5) is 0 Å². The first-order valence-electron chi connectivity index (χ1n) is 4.31. The quantitative estimate of drug-likeness (QED) is 0.715. The molecule has 2 nitrogen and oxygen atoms in total. The van der Waals surface area contributed by atoms with Gasteiger partial charge in [-0.05, 0) is 18.6 Å². The Bertz CT molecular complexity index is 393. The molecule has 0 aromatic heterocycles. The molecule has 0 amide bonds. The molecule has 0 radical (unpaired) electrons. The Morgan fingerprint density at radius 3 is 2.86 bits per heavy atom. The molecule has 0 saturated carbocycles. The number of Topliss-reactive ketones (excluding diaryl/α,β-unsaturated/α-hetero) is 1. The van der Waals surface area contributed by atoms with E-state index in [-0.39, 0.29) is 18.6 Å². The lowest BCUT2D eigenvalue weighted by atomic mass is 10.1. The van der Waals surface area contributed by atoms with Crippen molar-refractivity contribution in [3.8, 4) is 6.07 Å². The zero-order chi connectivity index (χ0) is 10.6. The van der Waals surface area contributed by atoms with E-state index < -0.39 is 0 Å². The number of ketones is 1. The fourth-order valence-electron chi connectivity index (χ4n) is 1.08. The first kappa shape index (κ1) is 10.7. The van der Waals surface area contributed by atoms with Gasteiger partial charge in [-0.3, -0.25) is 4.79 Å². The van der Waals surface area contributed by atoms with E-state index in [1.165, 1.54) is 0 Å². The molecule has 0 heterocycles. The van der Waals surface area contributed by atoms with Crippen LogP contribution >= 0.6 is 11.6 Å². The van der Waals surface area contributed by atoms with Crippen molar-refractivity contribution in [3.63, 3.8) is 0 Å². The highest BCUT2D eigenvalue weighted by atomic mass is 35.5. The van der Waals surface area contributed by atoms with Gasteiger partial charge < -0.3 is 0 Å². The van der Waals surface area contributed by atoms with Gasteiger partial charge in [0, 0.05) is 23.4 Å². The second kappa shape index (κ2) is 4.78. The topological polar surface area (TPSA) is 40.9 Å². The first-order chi connectivity index (χ1) is 6.65. The van der Waals surface area contributed by atoms with Gasteiger partial charge in [-0.25, -0.2) is 0 Å². The fraction of sp³-hybridized carbons (Fsp3) is 0.273. The average molecular weight is 208 g/mol. The Kier molecular flexibility index (Phi) is 3.67. The zero-order valence-corrected chi connectivity index (χ0v) is 8.64. The maximum atomic E-state index is 11.5. The van der Waals surface area contributed by atoms with Gasteiger partial charge in [0.25, 0.3) is 0 Å². The van der Waals surface area contributed by atoms with Crippen molar-refractivity contribution in [3.05, 3.63) is 34.3 Å². The number of hydrogen-bond acceptors (Lipinski definition) is 2. The summed E-state index contributed by atoms with van der Waals surface area (Å²) < 4.78 is 0. The van der Waals surface area contributed by atoms with Crippen LogP contribution in [0.5, 0.6) is 0 Å². The number of carbonyl (C=O) groups is 1. The van der Waals surface area contributed by atoms with Crippen molar-refractivity contribution in [2.75, 3.05) is 0 Å². The third kappa shape index (κ3) is 2.58. The van der Waals surface area contributed by atoms with Crippen molar-refractivity contribution in [1.82, 2.24) is 0 Å². The summed E-state index contributed by atoms with van der Waals surface area (Å²) >= 11 is 5.87. The van der Waals surface area contributed by atoms with Gasteiger partial charge in [-0.1, -0.05) is 23.7 Å². The molecular weight excluding hydrogens is 198 g/mol. The minimum absolute atomic E-state index is 0.0338. The molecule has 0 atom stereocenters. The Balaban J connectivity index is 2.82. The molecule has 0 aliphatic carbocycles. The number of aryl methyl sites for hydroxylation is 1. The molecular formula is C11H10ClNO. The summed E-state index contributed by atoms with van der Waals surface area (Å²) in [5.41, 5.74) is 1.53. The highest BCUT2D eigenvalue weighted by Gasteiger charge is 2.06. The molecule has 0 aliphatic heterocycles. The number of benzene rings is 1. The van der Waals surface area contributed by atoms with Gasteiger partial charge in [-0.2, -0.15) is 5.26 Å². The summed E-state index contributed by atoms with van der Waals surface area (Å²) in [6.07, 6.45) is 0.514. The van der Waals surface area contributed by atoms with E-state index in [2.05, 4.69) is 0 Å². The molecule has 1 rings (SSSR count). The lowest BCUT2D eigenvalue weighted by Gasteiger charge is -2.01. The number of halogens is 1. The Labute approximate surface area is 88.1 Å². The minimum Gasteiger partial charge on any atom is -0.294 e. The van der Waals surface area contributed by atoms with Gasteiger partial charge in [0.05, 0.1) is 6.07 Å². The van der Waals surface area contributed by atoms with E-state index in [0.29, 0.717) is 10.6 Å². The van der Waals surface area contributed by atoms with Gasteiger partial charge in [-0.15, -0.1) is 0 Å². The third-order valence-corrected chi connectivity index (χ3v) is 2.36. The van der Waals surface area contributed by atoms with Crippen LogP contribution in [0, 0.1) is 18.3 Å². The highest BCUT2D eigenvalue weighted by Crippen LogP contribution is 2.17. The summed E-state index contributed by atoms with van der Waals surface area (Å²) in [7, 11) is 0. The molecule has 1 aromatic carbocycles. The molecule has 72 valence electrons. The second-order valence-corrected chi connectivity index (χ2v) is 3.45. The van der Waals surface area contributed by atoms with E-state index in [4.69, 9.17) is 16.9 Å². The Morgan fingerprint density at radius 1 is 1.57 bits per heavy atom.